The summed E-state index contributed by atoms with van der Waals surface area (Å²) in [4.78, 5) is 27.4. The summed E-state index contributed by atoms with van der Waals surface area (Å²) in [5.74, 6) is -2.70. The van der Waals surface area contributed by atoms with Crippen LogP contribution in [0.5, 0.6) is 0 Å². The number of carbonyl (C=O) groups is 2. The summed E-state index contributed by atoms with van der Waals surface area (Å²) in [5.41, 5.74) is -7.88. The maximum Gasteiger partial charge on any atom is 0.314 e. The van der Waals surface area contributed by atoms with E-state index < -0.39 is 101 Å². The number of rotatable bonds is 4. The van der Waals surface area contributed by atoms with Gasteiger partial charge in [0.05, 0.1) is 30.1 Å². The Labute approximate surface area is 220 Å². The highest BCUT2D eigenvalue weighted by molar-refractivity contribution is 5.97. The Bertz CT molecular complexity index is 989. The van der Waals surface area contributed by atoms with E-state index in [1.54, 1.807) is 13.8 Å². The Balaban J connectivity index is 1.48. The first-order valence-electron chi connectivity index (χ1n) is 13.5. The largest absolute Gasteiger partial charge is 0.432 e. The molecule has 0 radical (unpaired) electrons. The summed E-state index contributed by atoms with van der Waals surface area (Å²) in [6.07, 6.45) is -7.74. The zero-order valence-electron chi connectivity index (χ0n) is 21.7. The van der Waals surface area contributed by atoms with Gasteiger partial charge in [0.25, 0.3) is 0 Å². The van der Waals surface area contributed by atoms with Crippen molar-refractivity contribution < 1.29 is 59.9 Å². The van der Waals surface area contributed by atoms with Crippen LogP contribution in [0.2, 0.25) is 0 Å². The number of esters is 1. The molecule has 1 saturated heterocycles. The fraction of sp³-hybridized carbons (Fsp3) is 0.923. The van der Waals surface area contributed by atoms with Gasteiger partial charge in [0.15, 0.2) is 5.78 Å². The number of Topliss-reactive ketones (excluding diaryl/α,β-unsaturated/α-hetero) is 1. The van der Waals surface area contributed by atoms with Crippen molar-refractivity contribution in [1.29, 1.82) is 0 Å². The van der Waals surface area contributed by atoms with Gasteiger partial charge in [-0.15, -0.1) is 0 Å². The van der Waals surface area contributed by atoms with Crippen molar-refractivity contribution in [3.63, 3.8) is 0 Å². The fourth-order valence-corrected chi connectivity index (χ4v) is 9.19. The van der Waals surface area contributed by atoms with E-state index in [1.165, 1.54) is 0 Å². The van der Waals surface area contributed by atoms with Crippen LogP contribution in [0.3, 0.4) is 0 Å². The van der Waals surface area contributed by atoms with Crippen LogP contribution in [0, 0.1) is 28.1 Å². The molecule has 1 aliphatic heterocycles. The van der Waals surface area contributed by atoms with Gasteiger partial charge in [0.1, 0.15) is 35.6 Å². The van der Waals surface area contributed by atoms with E-state index in [0.717, 1.165) is 0 Å². The third-order valence-electron chi connectivity index (χ3n) is 11.3. The number of fused-ring (bicyclic) bond motifs is 3. The summed E-state index contributed by atoms with van der Waals surface area (Å²) in [6, 6.07) is 0. The minimum atomic E-state index is -2.05. The molecule has 0 aromatic carbocycles. The van der Waals surface area contributed by atoms with E-state index >= 15 is 0 Å². The molecule has 12 nitrogen and oxygen atoms in total. The van der Waals surface area contributed by atoms with Crippen LogP contribution in [0.4, 0.5) is 0 Å². The first kappa shape index (κ1) is 28.3. The van der Waals surface area contributed by atoms with Gasteiger partial charge in [0.2, 0.25) is 6.29 Å². The van der Waals surface area contributed by atoms with Crippen molar-refractivity contribution in [1.82, 2.24) is 0 Å². The Morgan fingerprint density at radius 2 is 1.71 bits per heavy atom. The highest BCUT2D eigenvalue weighted by Crippen LogP contribution is 2.73. The second kappa shape index (κ2) is 8.89. The number of ether oxygens (including phenoxy) is 2. The average molecular weight is 545 g/mol. The maximum atomic E-state index is 13.7. The Morgan fingerprint density at radius 3 is 2.34 bits per heavy atom. The quantitative estimate of drug-likeness (QED) is 0.176. The van der Waals surface area contributed by atoms with Crippen LogP contribution in [0.1, 0.15) is 58.8 Å². The van der Waals surface area contributed by atoms with E-state index in [1.807, 2.05) is 0 Å². The van der Waals surface area contributed by atoms with Gasteiger partial charge < -0.3 is 50.3 Å². The highest BCUT2D eigenvalue weighted by atomic mass is 16.7. The van der Waals surface area contributed by atoms with Crippen LogP contribution >= 0.6 is 0 Å². The molecule has 0 amide bonds. The molecule has 1 spiro atoms. The molecule has 12 heteroatoms. The summed E-state index contributed by atoms with van der Waals surface area (Å²) in [6.45, 7) is 1.94. The maximum absolute atomic E-state index is 13.7. The molecule has 38 heavy (non-hydrogen) atoms. The Morgan fingerprint density at radius 1 is 1.03 bits per heavy atom. The molecule has 5 aliphatic rings. The lowest BCUT2D eigenvalue weighted by molar-refractivity contribution is -0.307. The smallest absolute Gasteiger partial charge is 0.314 e. The summed E-state index contributed by atoms with van der Waals surface area (Å²) >= 11 is 0. The third-order valence-corrected chi connectivity index (χ3v) is 11.3. The molecule has 5 fully saturated rings. The van der Waals surface area contributed by atoms with E-state index in [9.17, 15) is 50.4 Å². The lowest BCUT2D eigenvalue weighted by atomic mass is 9.38. The minimum Gasteiger partial charge on any atom is -0.432 e. The second-order valence-electron chi connectivity index (χ2n) is 12.8. The molecule has 5 rings (SSSR count). The van der Waals surface area contributed by atoms with Gasteiger partial charge in [-0.05, 0) is 51.4 Å². The minimum absolute atomic E-state index is 0.0740. The van der Waals surface area contributed by atoms with Crippen LogP contribution in [0.15, 0.2) is 0 Å². The molecular formula is C26H40O12. The van der Waals surface area contributed by atoms with Gasteiger partial charge in [-0.1, -0.05) is 13.3 Å². The van der Waals surface area contributed by atoms with Crippen molar-refractivity contribution in [3.8, 4) is 0 Å². The first-order chi connectivity index (χ1) is 17.7. The summed E-state index contributed by atoms with van der Waals surface area (Å²) < 4.78 is 10.9. The Kier molecular flexibility index (Phi) is 6.62. The van der Waals surface area contributed by atoms with Crippen LogP contribution in [0.25, 0.3) is 0 Å². The molecule has 2 bridgehead atoms. The van der Waals surface area contributed by atoms with Crippen molar-refractivity contribution in [2.24, 2.45) is 28.1 Å². The highest BCUT2D eigenvalue weighted by Gasteiger charge is 2.81. The topological polar surface area (TPSA) is 214 Å². The number of carbonyl (C=O) groups excluding carboxylic acids is 2. The summed E-state index contributed by atoms with van der Waals surface area (Å²) in [5, 5.41) is 84.8. The van der Waals surface area contributed by atoms with Gasteiger partial charge in [-0.2, -0.15) is 0 Å². The zero-order chi connectivity index (χ0) is 28.1. The molecule has 8 N–H and O–H groups in total. The monoisotopic (exact) mass is 544 g/mol. The van der Waals surface area contributed by atoms with Gasteiger partial charge in [-0.25, -0.2) is 0 Å². The molecule has 13 atom stereocenters. The number of ketones is 1. The number of aliphatic hydroxyl groups excluding tert-OH is 6. The number of aliphatic hydroxyl groups is 8. The van der Waals surface area contributed by atoms with Crippen molar-refractivity contribution in [3.05, 3.63) is 0 Å². The lowest BCUT2D eigenvalue weighted by Gasteiger charge is -2.67. The molecule has 1 heterocycles. The molecule has 0 aromatic heterocycles. The van der Waals surface area contributed by atoms with Crippen molar-refractivity contribution in [2.45, 2.75) is 107 Å². The predicted octanol–water partition coefficient (Wildman–Crippen LogP) is -2.27. The molecule has 216 valence electrons. The van der Waals surface area contributed by atoms with E-state index in [2.05, 4.69) is 0 Å². The molecular weight excluding hydrogens is 504 g/mol. The van der Waals surface area contributed by atoms with Crippen LogP contribution < -0.4 is 0 Å². The zero-order valence-corrected chi connectivity index (χ0v) is 21.7. The van der Waals surface area contributed by atoms with E-state index in [-0.39, 0.29) is 19.3 Å². The normalized spacial score (nSPS) is 56.2. The molecule has 0 aromatic rings. The summed E-state index contributed by atoms with van der Waals surface area (Å²) in [7, 11) is 0. The number of hydrogen-bond acceptors (Lipinski definition) is 12. The lowest BCUT2D eigenvalue weighted by Crippen LogP contribution is -2.75. The fourth-order valence-electron chi connectivity index (χ4n) is 9.19. The van der Waals surface area contributed by atoms with Crippen molar-refractivity contribution in [2.75, 3.05) is 13.2 Å². The second-order valence-corrected chi connectivity index (χ2v) is 12.8. The average Bonchev–Trinajstić information content (AvgIpc) is 3.07. The van der Waals surface area contributed by atoms with Gasteiger partial charge >= 0.3 is 5.97 Å². The van der Waals surface area contributed by atoms with Crippen LogP contribution in [-0.2, 0) is 19.1 Å². The molecule has 4 saturated carbocycles. The van der Waals surface area contributed by atoms with E-state index in [4.69, 9.17) is 9.47 Å². The van der Waals surface area contributed by atoms with E-state index in [0.29, 0.717) is 25.7 Å². The third kappa shape index (κ3) is 3.23. The molecule has 13 unspecified atom stereocenters. The first-order valence-corrected chi connectivity index (χ1v) is 13.5. The SMILES string of the molecule is CC1(C(=O)OC2OC(CO)C(O)C(O)C2O)CCCC2(C)C1CCC13CC(CC(O)C12O)C(O)(CO)C3=O. The standard InChI is InChI=1S/C26H40O12/c1-22(21(34)38-19-18(32)17(31)16(30)13(10-27)37-19)5-3-6-23(2)14(22)4-7-24-9-12(8-15(29)26(23,24)36)25(35,11-28)20(24)33/h12-19,27-32,35-36H,3-11H2,1-2H3. The van der Waals surface area contributed by atoms with Crippen LogP contribution in [-0.4, -0.2) is 114 Å². The van der Waals surface area contributed by atoms with Gasteiger partial charge in [0, 0.05) is 11.3 Å². The predicted molar refractivity (Wildman–Crippen MR) is 126 cm³/mol. The molecule has 4 aliphatic carbocycles. The van der Waals surface area contributed by atoms with Crippen molar-refractivity contribution >= 4 is 11.8 Å². The number of hydrogen-bond donors (Lipinski definition) is 8. The van der Waals surface area contributed by atoms with Gasteiger partial charge in [-0.3, -0.25) is 9.59 Å². The Hall–Kier alpha value is -1.22.